The Balaban J connectivity index is 1.55. The van der Waals surface area contributed by atoms with Crippen molar-refractivity contribution in [2.24, 2.45) is 5.41 Å². The maximum atomic E-state index is 13.0. The van der Waals surface area contributed by atoms with E-state index in [1.165, 1.54) is 51.2 Å². The topological polar surface area (TPSA) is 86.8 Å². The summed E-state index contributed by atoms with van der Waals surface area (Å²) in [5.74, 6) is 0. The third-order valence-corrected chi connectivity index (χ3v) is 9.39. The van der Waals surface area contributed by atoms with Crippen molar-refractivity contribution in [2.75, 3.05) is 36.8 Å². The molecule has 1 saturated heterocycles. The molecule has 30 heavy (non-hydrogen) atoms. The van der Waals surface area contributed by atoms with Gasteiger partial charge < -0.3 is 4.90 Å². The van der Waals surface area contributed by atoms with Crippen LogP contribution in [0.1, 0.15) is 25.7 Å². The van der Waals surface area contributed by atoms with Crippen LogP contribution in [0.4, 0.5) is 11.4 Å². The second-order valence-corrected chi connectivity index (χ2v) is 12.2. The zero-order valence-corrected chi connectivity index (χ0v) is 18.8. The molecular weight excluding hydrogens is 422 g/mol. The van der Waals surface area contributed by atoms with E-state index in [-0.39, 0.29) is 9.79 Å². The number of piperidine rings is 1. The van der Waals surface area contributed by atoms with Crippen LogP contribution in [0.25, 0.3) is 0 Å². The molecule has 0 aromatic heterocycles. The van der Waals surface area contributed by atoms with E-state index >= 15 is 0 Å². The second kappa shape index (κ2) is 7.55. The van der Waals surface area contributed by atoms with E-state index in [9.17, 15) is 16.8 Å². The van der Waals surface area contributed by atoms with Gasteiger partial charge in [-0.25, -0.2) is 21.1 Å². The van der Waals surface area contributed by atoms with Crippen LogP contribution < -0.4 is 9.62 Å². The Hall–Kier alpha value is -2.10. The number of anilines is 2. The third kappa shape index (κ3) is 4.06. The van der Waals surface area contributed by atoms with E-state index in [0.717, 1.165) is 35.9 Å². The van der Waals surface area contributed by atoms with Crippen molar-refractivity contribution in [3.05, 3.63) is 48.5 Å². The Morgan fingerprint density at radius 1 is 0.833 bits per heavy atom. The number of rotatable bonds is 6. The monoisotopic (exact) mass is 449 g/mol. The fraction of sp³-hybridized carbons (Fsp3) is 0.429. The fourth-order valence-electron chi connectivity index (χ4n) is 3.94. The summed E-state index contributed by atoms with van der Waals surface area (Å²) in [6.45, 7) is 1.85. The van der Waals surface area contributed by atoms with E-state index in [4.69, 9.17) is 0 Å². The maximum absolute atomic E-state index is 13.0. The number of benzene rings is 2. The number of nitrogens with one attached hydrogen (secondary N) is 1. The van der Waals surface area contributed by atoms with Gasteiger partial charge in [0.05, 0.1) is 21.2 Å². The minimum Gasteiger partial charge on any atom is -0.370 e. The van der Waals surface area contributed by atoms with Gasteiger partial charge in [-0.2, -0.15) is 0 Å². The van der Waals surface area contributed by atoms with Crippen LogP contribution in [0.2, 0.25) is 0 Å². The highest BCUT2D eigenvalue weighted by atomic mass is 32.2. The van der Waals surface area contributed by atoms with Crippen molar-refractivity contribution >= 4 is 31.4 Å². The summed E-state index contributed by atoms with van der Waals surface area (Å²) >= 11 is 0. The zero-order valence-electron chi connectivity index (χ0n) is 17.2. The molecular formula is C21H27N3O4S2. The summed E-state index contributed by atoms with van der Waals surface area (Å²) in [5, 5.41) is 0. The lowest BCUT2D eigenvalue weighted by Crippen LogP contribution is -2.35. The quantitative estimate of drug-likeness (QED) is 0.732. The molecule has 2 fully saturated rings. The summed E-state index contributed by atoms with van der Waals surface area (Å²) in [7, 11) is -4.60. The standard InChI is InChI=1S/C21H27N3O4S2/c1-23(2)30(27,28)18-9-7-17(8-10-18)29(25,26)22-19-5-3-4-6-20(19)24-15-13-21(11-12-21)14-16-24/h3-10,22H,11-16H2,1-2H3. The summed E-state index contributed by atoms with van der Waals surface area (Å²) in [5.41, 5.74) is 1.96. The van der Waals surface area contributed by atoms with E-state index in [0.29, 0.717) is 11.1 Å². The Bertz CT molecular complexity index is 1130. The number of sulfonamides is 2. The number of para-hydroxylation sites is 2. The smallest absolute Gasteiger partial charge is 0.261 e. The van der Waals surface area contributed by atoms with Gasteiger partial charge in [-0.05, 0) is 67.5 Å². The average molecular weight is 450 g/mol. The van der Waals surface area contributed by atoms with Gasteiger partial charge in [-0.15, -0.1) is 0 Å². The van der Waals surface area contributed by atoms with Crippen molar-refractivity contribution in [2.45, 2.75) is 35.5 Å². The minimum absolute atomic E-state index is 0.0191. The highest BCUT2D eigenvalue weighted by molar-refractivity contribution is 7.92. The third-order valence-electron chi connectivity index (χ3n) is 6.18. The number of hydrogen-bond acceptors (Lipinski definition) is 5. The van der Waals surface area contributed by atoms with Crippen molar-refractivity contribution in [1.29, 1.82) is 0 Å². The van der Waals surface area contributed by atoms with Gasteiger partial charge in [-0.3, -0.25) is 4.72 Å². The first kappa shape index (κ1) is 21.1. The fourth-order valence-corrected chi connectivity index (χ4v) is 5.92. The molecule has 0 radical (unpaired) electrons. The molecule has 0 bridgehead atoms. The molecule has 1 aliphatic heterocycles. The molecule has 0 amide bonds. The van der Waals surface area contributed by atoms with Crippen molar-refractivity contribution in [3.8, 4) is 0 Å². The summed E-state index contributed by atoms with van der Waals surface area (Å²) < 4.78 is 54.1. The van der Waals surface area contributed by atoms with Crippen LogP contribution in [-0.4, -0.2) is 48.3 Å². The molecule has 4 rings (SSSR count). The van der Waals surface area contributed by atoms with Crippen LogP contribution in [0.5, 0.6) is 0 Å². The summed E-state index contributed by atoms with van der Waals surface area (Å²) in [4.78, 5) is 2.31. The van der Waals surface area contributed by atoms with Crippen LogP contribution in [0.3, 0.4) is 0 Å². The lowest BCUT2D eigenvalue weighted by Gasteiger charge is -2.35. The number of nitrogens with zero attached hydrogens (tertiary/aromatic N) is 2. The molecule has 2 aromatic rings. The van der Waals surface area contributed by atoms with Gasteiger partial charge in [0.1, 0.15) is 0 Å². The molecule has 2 aliphatic rings. The Labute approximate surface area is 178 Å². The maximum Gasteiger partial charge on any atom is 0.261 e. The van der Waals surface area contributed by atoms with Crippen LogP contribution in [-0.2, 0) is 20.0 Å². The molecule has 2 aromatic carbocycles. The molecule has 1 heterocycles. The van der Waals surface area contributed by atoms with Crippen molar-refractivity contribution in [1.82, 2.24) is 4.31 Å². The van der Waals surface area contributed by atoms with Gasteiger partial charge in [0, 0.05) is 27.2 Å². The van der Waals surface area contributed by atoms with E-state index in [1.54, 1.807) is 12.1 Å². The van der Waals surface area contributed by atoms with Crippen molar-refractivity contribution < 1.29 is 16.8 Å². The van der Waals surface area contributed by atoms with Gasteiger partial charge in [0.15, 0.2) is 0 Å². The molecule has 1 aliphatic carbocycles. The largest absolute Gasteiger partial charge is 0.370 e. The lowest BCUT2D eigenvalue weighted by molar-refractivity contribution is 0.384. The van der Waals surface area contributed by atoms with E-state index in [2.05, 4.69) is 9.62 Å². The summed E-state index contributed by atoms with van der Waals surface area (Å²) in [6, 6.07) is 12.7. The molecule has 1 N–H and O–H groups in total. The first-order valence-corrected chi connectivity index (χ1v) is 12.9. The zero-order chi connectivity index (χ0) is 21.6. The van der Waals surface area contributed by atoms with E-state index in [1.807, 2.05) is 12.1 Å². The Morgan fingerprint density at radius 3 is 1.97 bits per heavy atom. The van der Waals surface area contributed by atoms with Crippen LogP contribution in [0, 0.1) is 5.41 Å². The normalized spacial score (nSPS) is 18.6. The molecule has 0 atom stereocenters. The van der Waals surface area contributed by atoms with Crippen molar-refractivity contribution in [3.63, 3.8) is 0 Å². The van der Waals surface area contributed by atoms with Gasteiger partial charge in [-0.1, -0.05) is 12.1 Å². The molecule has 7 nitrogen and oxygen atoms in total. The SMILES string of the molecule is CN(C)S(=O)(=O)c1ccc(S(=O)(=O)Nc2ccccc2N2CCC3(CC2)CC3)cc1. The first-order valence-electron chi connectivity index (χ1n) is 10.0. The predicted molar refractivity (Wildman–Crippen MR) is 118 cm³/mol. The van der Waals surface area contributed by atoms with E-state index < -0.39 is 20.0 Å². The van der Waals surface area contributed by atoms with Gasteiger partial charge in [0.25, 0.3) is 10.0 Å². The highest BCUT2D eigenvalue weighted by Gasteiger charge is 2.44. The molecule has 1 spiro atoms. The molecule has 1 saturated carbocycles. The molecule has 0 unspecified atom stereocenters. The number of hydrogen-bond donors (Lipinski definition) is 1. The highest BCUT2D eigenvalue weighted by Crippen LogP contribution is 2.54. The minimum atomic E-state index is -3.85. The predicted octanol–water partition coefficient (Wildman–Crippen LogP) is 3.12. The average Bonchev–Trinajstić information content (AvgIpc) is 3.48. The first-order chi connectivity index (χ1) is 14.1. The molecule has 9 heteroatoms. The van der Waals surface area contributed by atoms with Crippen LogP contribution >= 0.6 is 0 Å². The summed E-state index contributed by atoms with van der Waals surface area (Å²) in [6.07, 6.45) is 4.93. The lowest BCUT2D eigenvalue weighted by atomic mass is 9.93. The van der Waals surface area contributed by atoms with Crippen LogP contribution in [0.15, 0.2) is 58.3 Å². The van der Waals surface area contributed by atoms with Gasteiger partial charge in [0.2, 0.25) is 10.0 Å². The van der Waals surface area contributed by atoms with Gasteiger partial charge >= 0.3 is 0 Å². The Morgan fingerprint density at radius 2 is 1.40 bits per heavy atom. The Kier molecular flexibility index (Phi) is 5.32. The molecule has 162 valence electrons. The second-order valence-electron chi connectivity index (χ2n) is 8.37.